The highest BCUT2D eigenvalue weighted by Gasteiger charge is 2.22. The third-order valence-corrected chi connectivity index (χ3v) is 9.10. The highest BCUT2D eigenvalue weighted by molar-refractivity contribution is 5.68. The van der Waals surface area contributed by atoms with Gasteiger partial charge in [-0.2, -0.15) is 0 Å². The van der Waals surface area contributed by atoms with Gasteiger partial charge >= 0.3 is 0 Å². The maximum Gasteiger partial charge on any atom is 0.129 e. The molecule has 0 bridgehead atoms. The Balaban J connectivity index is 0.000000401. The van der Waals surface area contributed by atoms with Crippen molar-refractivity contribution in [3.8, 4) is 34.5 Å². The van der Waals surface area contributed by atoms with E-state index in [1.807, 2.05) is 38.1 Å². The summed E-state index contributed by atoms with van der Waals surface area (Å²) in [5.41, 5.74) is 2.73. The van der Waals surface area contributed by atoms with Crippen molar-refractivity contribution < 1.29 is 33.2 Å². The topological polar surface area (TPSA) is 72.5 Å². The Morgan fingerprint density at radius 2 is 0.679 bits per heavy atom. The van der Waals surface area contributed by atoms with Crippen LogP contribution in [0.4, 0.5) is 0 Å². The molecule has 0 radical (unpaired) electrons. The minimum Gasteiger partial charge on any atom is -0.497 e. The molecule has 3 aromatic rings. The molecule has 0 aromatic heterocycles. The fourth-order valence-corrected chi connectivity index (χ4v) is 5.20. The number of carbonyl (C=O) groups excluding carboxylic acids is 1. The van der Waals surface area contributed by atoms with Crippen LogP contribution in [-0.4, -0.2) is 48.9 Å². The predicted octanol–water partition coefficient (Wildman–Crippen LogP) is 11.6. The van der Waals surface area contributed by atoms with Crippen molar-refractivity contribution in [2.45, 2.75) is 110 Å². The van der Waals surface area contributed by atoms with Crippen LogP contribution in [0.3, 0.4) is 0 Å². The van der Waals surface area contributed by atoms with Gasteiger partial charge in [-0.1, -0.05) is 91.5 Å². The van der Waals surface area contributed by atoms with E-state index in [0.29, 0.717) is 11.5 Å². The quantitative estimate of drug-likeness (QED) is 0.0732. The minimum atomic E-state index is -0.526. The van der Waals surface area contributed by atoms with E-state index in [-0.39, 0.29) is 10.8 Å². The maximum absolute atomic E-state index is 10.9. The number of hydrogen-bond donors (Lipinski definition) is 0. The van der Waals surface area contributed by atoms with Gasteiger partial charge in [0.05, 0.1) is 42.7 Å². The van der Waals surface area contributed by atoms with Gasteiger partial charge in [-0.3, -0.25) is 0 Å². The number of unbranched alkanes of at least 4 members (excludes halogenated alkanes) is 4. The standard InChI is InChI=1S/2C17H26O2.C12H16O3/c2*1-6-7-8-9-10-17(2,3)14-11-15(18-4)13-16(12-14)19-5;1-12(2,8-13)9-5-10(14-3)7-11(6-9)15-4/h2*9-13H,6-8H2,1-5H3;5-8H,1-4H3/b10-9+;10-9-;. The molecule has 0 aliphatic rings. The first-order chi connectivity index (χ1) is 25.1. The summed E-state index contributed by atoms with van der Waals surface area (Å²) in [4.78, 5) is 10.9. The van der Waals surface area contributed by atoms with Crippen molar-refractivity contribution in [2.75, 3.05) is 42.7 Å². The average Bonchev–Trinajstić information content (AvgIpc) is 3.17. The van der Waals surface area contributed by atoms with Crippen LogP contribution in [0.5, 0.6) is 34.5 Å². The largest absolute Gasteiger partial charge is 0.497 e. The molecule has 0 aliphatic carbocycles. The van der Waals surface area contributed by atoms with Gasteiger partial charge < -0.3 is 33.2 Å². The number of aldehydes is 1. The summed E-state index contributed by atoms with van der Waals surface area (Å²) in [7, 11) is 9.91. The highest BCUT2D eigenvalue weighted by atomic mass is 16.5. The first-order valence-corrected chi connectivity index (χ1v) is 18.6. The Kier molecular flexibility index (Phi) is 20.5. The van der Waals surface area contributed by atoms with Gasteiger partial charge in [0.2, 0.25) is 0 Å². The van der Waals surface area contributed by atoms with E-state index in [0.717, 1.165) is 47.7 Å². The number of ether oxygens (including phenoxy) is 6. The van der Waals surface area contributed by atoms with Crippen molar-refractivity contribution >= 4 is 6.29 Å². The molecule has 3 aromatic carbocycles. The molecule has 0 saturated heterocycles. The molecule has 7 heteroatoms. The van der Waals surface area contributed by atoms with E-state index in [2.05, 4.69) is 90.1 Å². The molecule has 0 spiro atoms. The normalized spacial score (nSPS) is 11.6. The van der Waals surface area contributed by atoms with Gasteiger partial charge in [-0.25, -0.2) is 0 Å². The van der Waals surface area contributed by atoms with Crippen LogP contribution in [0.15, 0.2) is 78.9 Å². The first-order valence-electron chi connectivity index (χ1n) is 18.6. The zero-order chi connectivity index (χ0) is 40.1. The molecule has 0 aliphatic heterocycles. The van der Waals surface area contributed by atoms with Crippen LogP contribution in [0.2, 0.25) is 0 Å². The third kappa shape index (κ3) is 16.0. The van der Waals surface area contributed by atoms with Crippen LogP contribution in [0.1, 0.15) is 111 Å². The second-order valence-electron chi connectivity index (χ2n) is 14.7. The highest BCUT2D eigenvalue weighted by Crippen LogP contribution is 2.34. The molecule has 294 valence electrons. The van der Waals surface area contributed by atoms with Crippen LogP contribution >= 0.6 is 0 Å². The fourth-order valence-electron chi connectivity index (χ4n) is 5.20. The second-order valence-corrected chi connectivity index (χ2v) is 14.7. The molecule has 0 unspecified atom stereocenters. The van der Waals surface area contributed by atoms with Crippen LogP contribution < -0.4 is 28.4 Å². The van der Waals surface area contributed by atoms with Crippen molar-refractivity contribution in [3.63, 3.8) is 0 Å². The maximum atomic E-state index is 10.9. The van der Waals surface area contributed by atoms with E-state index in [1.54, 1.807) is 48.7 Å². The number of carbonyl (C=O) groups is 1. The summed E-state index contributed by atoms with van der Waals surface area (Å²) in [6.07, 6.45) is 17.2. The Morgan fingerprint density at radius 3 is 0.887 bits per heavy atom. The lowest BCUT2D eigenvalue weighted by molar-refractivity contribution is -0.111. The Morgan fingerprint density at radius 1 is 0.434 bits per heavy atom. The van der Waals surface area contributed by atoms with E-state index in [1.165, 1.54) is 36.8 Å². The molecule has 0 atom stereocenters. The third-order valence-electron chi connectivity index (χ3n) is 9.10. The monoisotopic (exact) mass is 732 g/mol. The van der Waals surface area contributed by atoms with E-state index in [4.69, 9.17) is 28.4 Å². The van der Waals surface area contributed by atoms with Crippen molar-refractivity contribution in [1.82, 2.24) is 0 Å². The Hall–Kier alpha value is -4.39. The molecular formula is C46H68O7. The van der Waals surface area contributed by atoms with Gasteiger partial charge in [0, 0.05) is 34.4 Å². The van der Waals surface area contributed by atoms with Gasteiger partial charge in [-0.15, -0.1) is 0 Å². The average molecular weight is 733 g/mol. The molecule has 0 fully saturated rings. The smallest absolute Gasteiger partial charge is 0.129 e. The first kappa shape index (κ1) is 46.6. The number of methoxy groups -OCH3 is 6. The fraction of sp³-hybridized carbons (Fsp3) is 0.500. The van der Waals surface area contributed by atoms with Gasteiger partial charge in [-0.05, 0) is 79.8 Å². The summed E-state index contributed by atoms with van der Waals surface area (Å²) < 4.78 is 31.6. The molecule has 3 rings (SSSR count). The SMILES string of the molecule is CCCC/C=C/C(C)(C)c1cc(OC)cc(OC)c1.CCCC/C=C\C(C)(C)c1cc(OC)cc(OC)c1.COc1cc(OC)cc(C(C)(C)C=O)c1. The summed E-state index contributed by atoms with van der Waals surface area (Å²) in [5, 5.41) is 0. The number of benzene rings is 3. The molecular weight excluding hydrogens is 664 g/mol. The van der Waals surface area contributed by atoms with E-state index < -0.39 is 5.41 Å². The lowest BCUT2D eigenvalue weighted by Gasteiger charge is -2.22. The summed E-state index contributed by atoms with van der Waals surface area (Å²) in [5.74, 6) is 4.74. The van der Waals surface area contributed by atoms with Crippen molar-refractivity contribution in [1.29, 1.82) is 0 Å². The number of hydrogen-bond acceptors (Lipinski definition) is 7. The zero-order valence-corrected chi connectivity index (χ0v) is 35.2. The predicted molar refractivity (Wildman–Crippen MR) is 221 cm³/mol. The van der Waals surface area contributed by atoms with Crippen molar-refractivity contribution in [2.24, 2.45) is 0 Å². The Bertz CT molecular complexity index is 1420. The van der Waals surface area contributed by atoms with Crippen LogP contribution in [0.25, 0.3) is 0 Å². The number of rotatable bonds is 18. The zero-order valence-electron chi connectivity index (χ0n) is 35.2. The summed E-state index contributed by atoms with van der Waals surface area (Å²) in [6, 6.07) is 17.6. The molecule has 0 heterocycles. The molecule has 7 nitrogen and oxygen atoms in total. The van der Waals surface area contributed by atoms with E-state index in [9.17, 15) is 4.79 Å². The van der Waals surface area contributed by atoms with E-state index >= 15 is 0 Å². The van der Waals surface area contributed by atoms with Gasteiger partial charge in [0.1, 0.15) is 40.8 Å². The second kappa shape index (κ2) is 23.3. The molecule has 0 N–H and O–H groups in total. The summed E-state index contributed by atoms with van der Waals surface area (Å²) in [6.45, 7) is 17.0. The lowest BCUT2D eigenvalue weighted by atomic mass is 9.84. The molecule has 0 saturated carbocycles. The summed E-state index contributed by atoms with van der Waals surface area (Å²) >= 11 is 0. The lowest BCUT2D eigenvalue weighted by Crippen LogP contribution is -2.18. The van der Waals surface area contributed by atoms with Crippen LogP contribution in [-0.2, 0) is 21.0 Å². The molecule has 0 amide bonds. The van der Waals surface area contributed by atoms with Crippen molar-refractivity contribution in [3.05, 3.63) is 95.6 Å². The minimum absolute atomic E-state index is 0.0183. The Labute approximate surface area is 321 Å². The van der Waals surface area contributed by atoms with Gasteiger partial charge in [0.15, 0.2) is 0 Å². The molecule has 53 heavy (non-hydrogen) atoms. The number of allylic oxidation sites excluding steroid dienone is 4. The van der Waals surface area contributed by atoms with Crippen LogP contribution in [0, 0.1) is 0 Å². The van der Waals surface area contributed by atoms with Gasteiger partial charge in [0.25, 0.3) is 0 Å².